The molecule has 4 heterocycles. The number of rotatable bonds is 4. The smallest absolute Gasteiger partial charge is 0.195 e. The van der Waals surface area contributed by atoms with Gasteiger partial charge in [-0.1, -0.05) is 29.5 Å². The first-order valence-corrected chi connectivity index (χ1v) is 8.83. The minimum atomic E-state index is -0.0120. The molecule has 0 N–H and O–H groups in total. The molecule has 7 nitrogen and oxygen atoms in total. The molecule has 0 radical (unpaired) electrons. The zero-order valence-corrected chi connectivity index (χ0v) is 14.5. The molecule has 1 aromatic carbocycles. The van der Waals surface area contributed by atoms with Crippen LogP contribution in [0.4, 0.5) is 0 Å². The Morgan fingerprint density at radius 3 is 2.81 bits per heavy atom. The average Bonchev–Trinajstić information content (AvgIpc) is 3.41. The van der Waals surface area contributed by atoms with E-state index >= 15 is 0 Å². The van der Waals surface area contributed by atoms with Crippen LogP contribution in [0.3, 0.4) is 0 Å². The highest BCUT2D eigenvalue weighted by Gasteiger charge is 2.21. The number of nitrogens with zero attached hydrogens (tertiary/aromatic N) is 5. The van der Waals surface area contributed by atoms with Crippen molar-refractivity contribution in [3.8, 4) is 22.8 Å². The first-order chi connectivity index (χ1) is 13.4. The molecule has 7 heteroatoms. The summed E-state index contributed by atoms with van der Waals surface area (Å²) >= 11 is 0. The number of hydrogen-bond donors (Lipinski definition) is 0. The summed E-state index contributed by atoms with van der Waals surface area (Å²) < 4.78 is 13.1. The lowest BCUT2D eigenvalue weighted by Crippen LogP contribution is -2.20. The molecule has 0 saturated carbocycles. The van der Waals surface area contributed by atoms with Crippen molar-refractivity contribution in [3.05, 3.63) is 72.4 Å². The fraction of sp³-hybridized carbons (Fsp3) is 0.200. The molecule has 3 aromatic heterocycles. The summed E-state index contributed by atoms with van der Waals surface area (Å²) in [7, 11) is 0. The van der Waals surface area contributed by atoms with Gasteiger partial charge >= 0.3 is 0 Å². The van der Waals surface area contributed by atoms with E-state index in [2.05, 4.69) is 38.5 Å². The second-order valence-corrected chi connectivity index (χ2v) is 6.41. The quantitative estimate of drug-likeness (QED) is 0.556. The summed E-state index contributed by atoms with van der Waals surface area (Å²) in [5, 5.41) is 8.50. The highest BCUT2D eigenvalue weighted by molar-refractivity contribution is 5.57. The summed E-state index contributed by atoms with van der Waals surface area (Å²) in [6, 6.07) is 12.0. The van der Waals surface area contributed by atoms with Crippen molar-refractivity contribution in [1.82, 2.24) is 25.0 Å². The molecule has 0 fully saturated rings. The summed E-state index contributed by atoms with van der Waals surface area (Å²) in [5.41, 5.74) is 4.11. The van der Waals surface area contributed by atoms with Crippen LogP contribution in [-0.4, -0.2) is 31.6 Å². The Balaban J connectivity index is 1.35. The lowest BCUT2D eigenvalue weighted by atomic mass is 9.98. The molecule has 4 aromatic rings. The Morgan fingerprint density at radius 2 is 1.96 bits per heavy atom. The van der Waals surface area contributed by atoms with E-state index in [-0.39, 0.29) is 6.10 Å². The standard InChI is InChI=1S/C20H17N5O2/c1-2-5-16-14(4-1)7-9-27-19(16)13-25-12-17(23-24-25)15-10-21-20(22-11-15)18-6-3-8-26-18/h1-6,8,10-12,19H,7,9,13H2. The molecule has 1 aliphatic heterocycles. The van der Waals surface area contributed by atoms with Crippen LogP contribution in [-0.2, 0) is 17.7 Å². The summed E-state index contributed by atoms with van der Waals surface area (Å²) in [6.07, 6.45) is 7.89. The van der Waals surface area contributed by atoms with Crippen molar-refractivity contribution < 1.29 is 9.15 Å². The summed E-state index contributed by atoms with van der Waals surface area (Å²) in [4.78, 5) is 8.69. The predicted octanol–water partition coefficient (Wildman–Crippen LogP) is 3.31. The van der Waals surface area contributed by atoms with Crippen molar-refractivity contribution in [2.45, 2.75) is 19.1 Å². The number of aromatic nitrogens is 5. The molecule has 0 bridgehead atoms. The molecule has 0 spiro atoms. The second kappa shape index (κ2) is 6.77. The highest BCUT2D eigenvalue weighted by atomic mass is 16.5. The Kier molecular flexibility index (Phi) is 3.99. The van der Waals surface area contributed by atoms with Crippen LogP contribution >= 0.6 is 0 Å². The van der Waals surface area contributed by atoms with Crippen LogP contribution in [0.5, 0.6) is 0 Å². The van der Waals surface area contributed by atoms with Crippen molar-refractivity contribution in [2.75, 3.05) is 6.61 Å². The minimum absolute atomic E-state index is 0.0120. The zero-order chi connectivity index (χ0) is 18.1. The fourth-order valence-electron chi connectivity index (χ4n) is 3.31. The molecule has 27 heavy (non-hydrogen) atoms. The summed E-state index contributed by atoms with van der Waals surface area (Å²) in [6.45, 7) is 1.35. The Bertz CT molecular complexity index is 1040. The van der Waals surface area contributed by atoms with E-state index in [9.17, 15) is 0 Å². The van der Waals surface area contributed by atoms with Crippen molar-refractivity contribution in [3.63, 3.8) is 0 Å². The topological polar surface area (TPSA) is 78.9 Å². The molecule has 0 amide bonds. The molecule has 1 unspecified atom stereocenters. The van der Waals surface area contributed by atoms with E-state index in [1.165, 1.54) is 11.1 Å². The minimum Gasteiger partial charge on any atom is -0.461 e. The van der Waals surface area contributed by atoms with E-state index in [1.807, 2.05) is 29.1 Å². The second-order valence-electron chi connectivity index (χ2n) is 6.41. The van der Waals surface area contributed by atoms with E-state index in [0.29, 0.717) is 18.1 Å². The third-order valence-electron chi connectivity index (χ3n) is 4.67. The van der Waals surface area contributed by atoms with Gasteiger partial charge in [-0.3, -0.25) is 0 Å². The number of hydrogen-bond acceptors (Lipinski definition) is 6. The number of benzene rings is 1. The van der Waals surface area contributed by atoms with Crippen LogP contribution in [0.15, 0.2) is 65.7 Å². The van der Waals surface area contributed by atoms with Gasteiger partial charge in [0, 0.05) is 18.0 Å². The molecular formula is C20H17N5O2. The molecular weight excluding hydrogens is 342 g/mol. The maximum atomic E-state index is 5.96. The zero-order valence-electron chi connectivity index (χ0n) is 14.5. The lowest BCUT2D eigenvalue weighted by Gasteiger charge is -2.25. The Labute approximate surface area is 155 Å². The van der Waals surface area contributed by atoms with Crippen LogP contribution in [0.25, 0.3) is 22.8 Å². The third-order valence-corrected chi connectivity index (χ3v) is 4.67. The van der Waals surface area contributed by atoms with Crippen LogP contribution in [0, 0.1) is 0 Å². The van der Waals surface area contributed by atoms with Crippen LogP contribution in [0.2, 0.25) is 0 Å². The van der Waals surface area contributed by atoms with E-state index in [0.717, 1.165) is 24.3 Å². The van der Waals surface area contributed by atoms with Crippen molar-refractivity contribution in [2.24, 2.45) is 0 Å². The molecule has 0 aliphatic carbocycles. The van der Waals surface area contributed by atoms with E-state index in [4.69, 9.17) is 9.15 Å². The van der Waals surface area contributed by atoms with Gasteiger partial charge in [-0.2, -0.15) is 0 Å². The van der Waals surface area contributed by atoms with Gasteiger partial charge in [0.25, 0.3) is 0 Å². The highest BCUT2D eigenvalue weighted by Crippen LogP contribution is 2.28. The lowest BCUT2D eigenvalue weighted by molar-refractivity contribution is 0.0279. The number of ether oxygens (including phenoxy) is 1. The van der Waals surface area contributed by atoms with Gasteiger partial charge in [0.15, 0.2) is 11.6 Å². The van der Waals surface area contributed by atoms with Gasteiger partial charge in [0.1, 0.15) is 11.8 Å². The average molecular weight is 359 g/mol. The van der Waals surface area contributed by atoms with E-state index in [1.54, 1.807) is 18.7 Å². The van der Waals surface area contributed by atoms with Gasteiger partial charge in [-0.05, 0) is 29.7 Å². The monoisotopic (exact) mass is 359 g/mol. The first-order valence-electron chi connectivity index (χ1n) is 8.83. The van der Waals surface area contributed by atoms with Crippen LogP contribution in [0.1, 0.15) is 17.2 Å². The van der Waals surface area contributed by atoms with Gasteiger partial charge in [0.05, 0.1) is 25.6 Å². The molecule has 5 rings (SSSR count). The molecule has 1 aliphatic rings. The van der Waals surface area contributed by atoms with Crippen molar-refractivity contribution in [1.29, 1.82) is 0 Å². The SMILES string of the molecule is c1coc(-c2ncc(-c3cn(CC4OCCc5ccccc54)nn3)cn2)c1. The Hall–Kier alpha value is -3.32. The normalized spacial score (nSPS) is 16.2. The fourth-order valence-corrected chi connectivity index (χ4v) is 3.31. The third kappa shape index (κ3) is 3.13. The van der Waals surface area contributed by atoms with Crippen LogP contribution < -0.4 is 0 Å². The largest absolute Gasteiger partial charge is 0.461 e. The first kappa shape index (κ1) is 15.9. The number of furan rings is 1. The molecule has 134 valence electrons. The van der Waals surface area contributed by atoms with Crippen molar-refractivity contribution >= 4 is 0 Å². The molecule has 1 atom stereocenters. The Morgan fingerprint density at radius 1 is 1.07 bits per heavy atom. The number of fused-ring (bicyclic) bond motifs is 1. The maximum Gasteiger partial charge on any atom is 0.195 e. The predicted molar refractivity (Wildman–Crippen MR) is 97.6 cm³/mol. The van der Waals surface area contributed by atoms with Gasteiger partial charge in [-0.15, -0.1) is 5.10 Å². The van der Waals surface area contributed by atoms with Gasteiger partial charge in [0.2, 0.25) is 0 Å². The van der Waals surface area contributed by atoms with E-state index < -0.39 is 0 Å². The van der Waals surface area contributed by atoms with Gasteiger partial charge < -0.3 is 9.15 Å². The maximum absolute atomic E-state index is 5.96. The van der Waals surface area contributed by atoms with Gasteiger partial charge in [-0.25, -0.2) is 14.6 Å². The molecule has 0 saturated heterocycles. The summed E-state index contributed by atoms with van der Waals surface area (Å²) in [5.74, 6) is 1.18.